The normalized spacial score (nSPS) is 14.6. The van der Waals surface area contributed by atoms with Crippen LogP contribution in [-0.2, 0) is 0 Å². The highest BCUT2D eigenvalue weighted by atomic mass is 35.5. The van der Waals surface area contributed by atoms with Crippen molar-refractivity contribution in [3.8, 4) is 0 Å². The molecule has 0 amide bonds. The van der Waals surface area contributed by atoms with Crippen LogP contribution in [0.1, 0.15) is 26.7 Å². The van der Waals surface area contributed by atoms with Crippen LogP contribution >= 0.6 is 11.6 Å². The van der Waals surface area contributed by atoms with Gasteiger partial charge in [-0.3, -0.25) is 0 Å². The van der Waals surface area contributed by atoms with E-state index in [1.165, 1.54) is 12.3 Å². The molecule has 0 radical (unpaired) electrons. The van der Waals surface area contributed by atoms with Crippen LogP contribution in [0, 0.1) is 5.82 Å². The van der Waals surface area contributed by atoms with Crippen molar-refractivity contribution >= 4 is 17.4 Å². The summed E-state index contributed by atoms with van der Waals surface area (Å²) in [5, 5.41) is 12.2. The average molecular weight is 247 g/mol. The molecule has 0 aromatic carbocycles. The Morgan fingerprint density at radius 1 is 1.62 bits per heavy atom. The number of nitrogens with zero attached hydrogens (tertiary/aromatic N) is 1. The lowest BCUT2D eigenvalue weighted by molar-refractivity contribution is 0.251. The fraction of sp³-hybridized carbons (Fsp3) is 0.545. The average Bonchev–Trinajstić information content (AvgIpc) is 2.23. The van der Waals surface area contributed by atoms with Gasteiger partial charge in [-0.25, -0.2) is 9.37 Å². The van der Waals surface area contributed by atoms with Gasteiger partial charge < -0.3 is 10.4 Å². The third-order valence-corrected chi connectivity index (χ3v) is 2.88. The van der Waals surface area contributed by atoms with Crippen molar-refractivity contribution in [3.63, 3.8) is 0 Å². The minimum atomic E-state index is -0.481. The Hall–Kier alpha value is -0.870. The zero-order valence-electron chi connectivity index (χ0n) is 9.43. The number of halogens is 2. The Bertz CT molecular complexity index is 362. The number of hydrogen-bond donors (Lipinski definition) is 2. The van der Waals surface area contributed by atoms with E-state index < -0.39 is 5.82 Å². The SMILES string of the molecule is CCC(C)(CCO)Nc1ncc(Cl)cc1F. The molecule has 0 aliphatic rings. The summed E-state index contributed by atoms with van der Waals surface area (Å²) in [7, 11) is 0. The van der Waals surface area contributed by atoms with Gasteiger partial charge in [0.15, 0.2) is 11.6 Å². The quantitative estimate of drug-likeness (QED) is 0.840. The maximum atomic E-state index is 13.5. The van der Waals surface area contributed by atoms with Crippen LogP contribution in [0.15, 0.2) is 12.3 Å². The van der Waals surface area contributed by atoms with Gasteiger partial charge in [0.05, 0.1) is 5.02 Å². The first-order valence-electron chi connectivity index (χ1n) is 5.21. The number of aromatic nitrogens is 1. The molecule has 0 fully saturated rings. The molecule has 5 heteroatoms. The number of aliphatic hydroxyl groups excluding tert-OH is 1. The van der Waals surface area contributed by atoms with Crippen LogP contribution in [0.5, 0.6) is 0 Å². The summed E-state index contributed by atoms with van der Waals surface area (Å²) >= 11 is 5.61. The molecule has 16 heavy (non-hydrogen) atoms. The smallest absolute Gasteiger partial charge is 0.166 e. The molecule has 1 aromatic heterocycles. The highest BCUT2D eigenvalue weighted by Crippen LogP contribution is 2.23. The van der Waals surface area contributed by atoms with Gasteiger partial charge >= 0.3 is 0 Å². The first-order valence-corrected chi connectivity index (χ1v) is 5.58. The predicted molar refractivity (Wildman–Crippen MR) is 63.2 cm³/mol. The molecule has 0 saturated heterocycles. The number of nitrogens with one attached hydrogen (secondary N) is 1. The molecule has 1 aromatic rings. The van der Waals surface area contributed by atoms with Crippen molar-refractivity contribution in [2.75, 3.05) is 11.9 Å². The first kappa shape index (κ1) is 13.2. The van der Waals surface area contributed by atoms with E-state index in [2.05, 4.69) is 10.3 Å². The lowest BCUT2D eigenvalue weighted by Crippen LogP contribution is -2.35. The molecule has 0 saturated carbocycles. The monoisotopic (exact) mass is 246 g/mol. The van der Waals surface area contributed by atoms with Gasteiger partial charge in [-0.1, -0.05) is 18.5 Å². The minimum Gasteiger partial charge on any atom is -0.396 e. The molecule has 2 N–H and O–H groups in total. The van der Waals surface area contributed by atoms with Crippen molar-refractivity contribution in [3.05, 3.63) is 23.1 Å². The van der Waals surface area contributed by atoms with Crippen molar-refractivity contribution in [2.45, 2.75) is 32.2 Å². The molecule has 90 valence electrons. The lowest BCUT2D eigenvalue weighted by atomic mass is 9.95. The zero-order valence-corrected chi connectivity index (χ0v) is 10.2. The van der Waals surface area contributed by atoms with Gasteiger partial charge in [0.25, 0.3) is 0 Å². The predicted octanol–water partition coefficient (Wildman–Crippen LogP) is 2.84. The Balaban J connectivity index is 2.85. The largest absolute Gasteiger partial charge is 0.396 e. The van der Waals surface area contributed by atoms with Crippen molar-refractivity contribution in [1.82, 2.24) is 4.98 Å². The van der Waals surface area contributed by atoms with E-state index in [9.17, 15) is 4.39 Å². The summed E-state index contributed by atoms with van der Waals surface area (Å²) in [4.78, 5) is 3.89. The maximum absolute atomic E-state index is 13.5. The number of pyridine rings is 1. The van der Waals surface area contributed by atoms with Gasteiger partial charge in [0.1, 0.15) is 0 Å². The van der Waals surface area contributed by atoms with E-state index >= 15 is 0 Å². The summed E-state index contributed by atoms with van der Waals surface area (Å²) in [5.74, 6) is -0.313. The molecule has 0 aliphatic carbocycles. The van der Waals surface area contributed by atoms with E-state index in [0.29, 0.717) is 6.42 Å². The molecule has 0 bridgehead atoms. The Morgan fingerprint density at radius 3 is 2.81 bits per heavy atom. The second-order valence-electron chi connectivity index (χ2n) is 4.00. The molecule has 1 unspecified atom stereocenters. The molecule has 1 atom stereocenters. The third kappa shape index (κ3) is 3.32. The van der Waals surface area contributed by atoms with E-state index in [-0.39, 0.29) is 23.0 Å². The van der Waals surface area contributed by atoms with Gasteiger partial charge in [-0.2, -0.15) is 0 Å². The fourth-order valence-electron chi connectivity index (χ4n) is 1.37. The number of hydrogen-bond acceptors (Lipinski definition) is 3. The summed E-state index contributed by atoms with van der Waals surface area (Å²) in [5.41, 5.74) is -0.365. The minimum absolute atomic E-state index is 0.0482. The van der Waals surface area contributed by atoms with Crippen molar-refractivity contribution < 1.29 is 9.50 Å². The topological polar surface area (TPSA) is 45.1 Å². The molecule has 0 spiro atoms. The lowest BCUT2D eigenvalue weighted by Gasteiger charge is -2.29. The maximum Gasteiger partial charge on any atom is 0.166 e. The van der Waals surface area contributed by atoms with Gasteiger partial charge in [-0.05, 0) is 25.8 Å². The van der Waals surface area contributed by atoms with Crippen LogP contribution in [0.2, 0.25) is 5.02 Å². The van der Waals surface area contributed by atoms with Crippen LogP contribution in [0.3, 0.4) is 0 Å². The fourth-order valence-corrected chi connectivity index (χ4v) is 1.51. The molecule has 3 nitrogen and oxygen atoms in total. The molecule has 0 aliphatic heterocycles. The zero-order chi connectivity index (χ0) is 12.2. The Labute approximate surface area is 99.7 Å². The summed E-state index contributed by atoms with van der Waals surface area (Å²) < 4.78 is 13.5. The number of aliphatic hydroxyl groups is 1. The molecular formula is C11H16ClFN2O. The number of anilines is 1. The molecule has 1 heterocycles. The van der Waals surface area contributed by atoms with Crippen LogP contribution in [-0.4, -0.2) is 22.2 Å². The highest BCUT2D eigenvalue weighted by molar-refractivity contribution is 6.30. The van der Waals surface area contributed by atoms with E-state index in [1.807, 2.05) is 13.8 Å². The standard InChI is InChI=1S/C11H16ClFN2O/c1-3-11(2,4-5-16)15-10-9(13)6-8(12)7-14-10/h6-7,16H,3-5H2,1-2H3,(H,14,15). The van der Waals surface area contributed by atoms with E-state index in [4.69, 9.17) is 16.7 Å². The van der Waals surface area contributed by atoms with Crippen LogP contribution < -0.4 is 5.32 Å². The van der Waals surface area contributed by atoms with Gasteiger partial charge in [0, 0.05) is 18.3 Å². The molecule has 1 rings (SSSR count). The van der Waals surface area contributed by atoms with Crippen LogP contribution in [0.25, 0.3) is 0 Å². The van der Waals surface area contributed by atoms with Crippen molar-refractivity contribution in [2.24, 2.45) is 0 Å². The van der Waals surface area contributed by atoms with Gasteiger partial charge in [-0.15, -0.1) is 0 Å². The summed E-state index contributed by atoms with van der Waals surface area (Å²) in [6.45, 7) is 3.93. The molecular weight excluding hydrogens is 231 g/mol. The van der Waals surface area contributed by atoms with Crippen molar-refractivity contribution in [1.29, 1.82) is 0 Å². The second-order valence-corrected chi connectivity index (χ2v) is 4.43. The first-order chi connectivity index (χ1) is 7.50. The Kier molecular flexibility index (Phi) is 4.50. The summed E-state index contributed by atoms with van der Waals surface area (Å²) in [6.07, 6.45) is 2.69. The Morgan fingerprint density at radius 2 is 2.31 bits per heavy atom. The van der Waals surface area contributed by atoms with Gasteiger partial charge in [0.2, 0.25) is 0 Å². The van der Waals surface area contributed by atoms with E-state index in [0.717, 1.165) is 6.42 Å². The highest BCUT2D eigenvalue weighted by Gasteiger charge is 2.22. The summed E-state index contributed by atoms with van der Waals surface area (Å²) in [6, 6.07) is 1.21. The third-order valence-electron chi connectivity index (χ3n) is 2.67. The second kappa shape index (κ2) is 5.46. The van der Waals surface area contributed by atoms with Crippen LogP contribution in [0.4, 0.5) is 10.2 Å². The van der Waals surface area contributed by atoms with E-state index in [1.54, 1.807) is 0 Å². The number of rotatable bonds is 5.